The molecule has 0 saturated carbocycles. The number of hydrogen-bond donors (Lipinski definition) is 1. The molecule has 2 aromatic carbocycles. The number of amides is 1. The van der Waals surface area contributed by atoms with Crippen molar-refractivity contribution in [2.75, 3.05) is 0 Å². The highest BCUT2D eigenvalue weighted by molar-refractivity contribution is 6.02. The Hall–Kier alpha value is -3.47. The summed E-state index contributed by atoms with van der Waals surface area (Å²) in [7, 11) is 0. The van der Waals surface area contributed by atoms with E-state index in [1.54, 1.807) is 4.90 Å². The second-order valence-corrected chi connectivity index (χ2v) is 8.98. The van der Waals surface area contributed by atoms with E-state index >= 15 is 0 Å². The number of carbonyl (C=O) groups excluding carboxylic acids is 2. The Morgan fingerprint density at radius 1 is 0.903 bits per heavy atom. The fourth-order valence-electron chi connectivity index (χ4n) is 4.16. The Kier molecular flexibility index (Phi) is 5.59. The molecule has 1 N–H and O–H groups in total. The van der Waals surface area contributed by atoms with Gasteiger partial charge in [-0.3, -0.25) is 14.4 Å². The molecule has 1 amide bonds. The van der Waals surface area contributed by atoms with Gasteiger partial charge in [-0.15, -0.1) is 0 Å². The molecule has 0 bridgehead atoms. The highest BCUT2D eigenvalue weighted by Gasteiger charge is 2.33. The summed E-state index contributed by atoms with van der Waals surface area (Å²) < 4.78 is 0. The van der Waals surface area contributed by atoms with Crippen molar-refractivity contribution in [3.05, 3.63) is 105 Å². The Labute approximate surface area is 181 Å². The van der Waals surface area contributed by atoms with Gasteiger partial charge in [-0.25, -0.2) is 0 Å². The summed E-state index contributed by atoms with van der Waals surface area (Å²) in [6.07, 6.45) is 1.01. The lowest BCUT2D eigenvalue weighted by molar-refractivity contribution is 0.0728. The smallest absolute Gasteiger partial charge is 0.261 e. The van der Waals surface area contributed by atoms with Crippen molar-refractivity contribution in [3.8, 4) is 0 Å². The number of Topliss-reactive ketones (excluding diaryl/α,β-unsaturated/α-hetero) is 1. The number of H-pyrrole nitrogens is 1. The van der Waals surface area contributed by atoms with Crippen LogP contribution in [0, 0.1) is 5.41 Å². The van der Waals surface area contributed by atoms with Crippen LogP contribution in [0.2, 0.25) is 0 Å². The highest BCUT2D eigenvalue weighted by Crippen LogP contribution is 2.33. The molecule has 0 aliphatic heterocycles. The van der Waals surface area contributed by atoms with E-state index in [9.17, 15) is 14.4 Å². The molecule has 0 spiro atoms. The lowest BCUT2D eigenvalue weighted by Crippen LogP contribution is -2.36. The molecule has 4 rings (SSSR count). The first-order chi connectivity index (χ1) is 14.8. The molecule has 0 fully saturated rings. The summed E-state index contributed by atoms with van der Waals surface area (Å²) in [5, 5.41) is 0. The van der Waals surface area contributed by atoms with E-state index in [-0.39, 0.29) is 22.7 Å². The van der Waals surface area contributed by atoms with Gasteiger partial charge in [-0.2, -0.15) is 0 Å². The highest BCUT2D eigenvalue weighted by atomic mass is 16.2. The van der Waals surface area contributed by atoms with Crippen molar-refractivity contribution < 1.29 is 9.59 Å². The molecule has 3 aromatic rings. The quantitative estimate of drug-likeness (QED) is 0.674. The predicted molar refractivity (Wildman–Crippen MR) is 120 cm³/mol. The van der Waals surface area contributed by atoms with Gasteiger partial charge in [0.15, 0.2) is 5.78 Å². The minimum absolute atomic E-state index is 0.0127. The number of nitrogens with zero attached hydrogens (tertiary/aromatic N) is 1. The van der Waals surface area contributed by atoms with Crippen molar-refractivity contribution in [1.82, 2.24) is 9.88 Å². The summed E-state index contributed by atoms with van der Waals surface area (Å²) in [6.45, 7) is 4.75. The van der Waals surface area contributed by atoms with Gasteiger partial charge < -0.3 is 9.88 Å². The number of rotatable bonds is 5. The van der Waals surface area contributed by atoms with E-state index in [1.807, 2.05) is 74.5 Å². The monoisotopic (exact) mass is 414 g/mol. The van der Waals surface area contributed by atoms with Crippen molar-refractivity contribution in [2.24, 2.45) is 5.41 Å². The molecule has 0 atom stereocenters. The lowest BCUT2D eigenvalue weighted by Gasteiger charge is -2.30. The number of pyridine rings is 1. The van der Waals surface area contributed by atoms with Gasteiger partial charge in [-0.1, -0.05) is 74.5 Å². The molecule has 1 aliphatic carbocycles. The molecular weight excluding hydrogens is 388 g/mol. The van der Waals surface area contributed by atoms with Gasteiger partial charge in [0.05, 0.1) is 0 Å². The summed E-state index contributed by atoms with van der Waals surface area (Å²) in [5.41, 5.74) is 2.39. The van der Waals surface area contributed by atoms with Crippen LogP contribution in [0.5, 0.6) is 0 Å². The van der Waals surface area contributed by atoms with Crippen molar-refractivity contribution >= 4 is 11.7 Å². The first-order valence-electron chi connectivity index (χ1n) is 10.5. The predicted octanol–water partition coefficient (Wildman–Crippen LogP) is 4.37. The van der Waals surface area contributed by atoms with Crippen molar-refractivity contribution in [3.63, 3.8) is 0 Å². The molecule has 1 aliphatic rings. The van der Waals surface area contributed by atoms with Crippen molar-refractivity contribution in [1.29, 1.82) is 0 Å². The third-order valence-electron chi connectivity index (χ3n) is 5.67. The number of ketones is 1. The molecule has 158 valence electrons. The molecule has 0 saturated heterocycles. The zero-order chi connectivity index (χ0) is 22.0. The number of benzene rings is 2. The first-order valence-corrected chi connectivity index (χ1v) is 10.5. The molecule has 0 radical (unpaired) electrons. The number of aromatic amines is 1. The van der Waals surface area contributed by atoms with E-state index < -0.39 is 5.56 Å². The van der Waals surface area contributed by atoms with Crippen LogP contribution < -0.4 is 5.56 Å². The van der Waals surface area contributed by atoms with E-state index in [0.29, 0.717) is 37.2 Å². The summed E-state index contributed by atoms with van der Waals surface area (Å²) in [4.78, 5) is 43.5. The van der Waals surface area contributed by atoms with Gasteiger partial charge in [-0.05, 0) is 29.0 Å². The summed E-state index contributed by atoms with van der Waals surface area (Å²) >= 11 is 0. The maximum atomic E-state index is 13.5. The topological polar surface area (TPSA) is 70.2 Å². The van der Waals surface area contributed by atoms with Crippen LogP contribution in [0.1, 0.15) is 57.8 Å². The largest absolute Gasteiger partial charge is 0.330 e. The minimum atomic E-state index is -0.444. The maximum Gasteiger partial charge on any atom is 0.261 e. The number of fused-ring (bicyclic) bond motifs is 1. The number of carbonyl (C=O) groups is 2. The van der Waals surface area contributed by atoms with Crippen LogP contribution in [-0.4, -0.2) is 21.6 Å². The fourth-order valence-corrected chi connectivity index (χ4v) is 4.16. The number of aromatic nitrogens is 1. The molecular formula is C26H26N2O3. The summed E-state index contributed by atoms with van der Waals surface area (Å²) in [6, 6.07) is 20.8. The Morgan fingerprint density at radius 2 is 1.45 bits per heavy atom. The molecule has 5 heteroatoms. The van der Waals surface area contributed by atoms with Crippen LogP contribution in [0.3, 0.4) is 0 Å². The zero-order valence-electron chi connectivity index (χ0n) is 17.9. The number of nitrogens with one attached hydrogen (secondary N) is 1. The van der Waals surface area contributed by atoms with Crippen LogP contribution in [0.15, 0.2) is 71.5 Å². The molecule has 1 heterocycles. The van der Waals surface area contributed by atoms with Crippen LogP contribution >= 0.6 is 0 Å². The first kappa shape index (κ1) is 20.8. The average molecular weight is 415 g/mol. The van der Waals surface area contributed by atoms with Gasteiger partial charge in [0, 0.05) is 30.8 Å². The molecule has 0 unspecified atom stereocenters. The van der Waals surface area contributed by atoms with Crippen LogP contribution in [0.4, 0.5) is 0 Å². The van der Waals surface area contributed by atoms with Gasteiger partial charge >= 0.3 is 0 Å². The third kappa shape index (κ3) is 4.66. The Morgan fingerprint density at radius 3 is 2.00 bits per heavy atom. The van der Waals surface area contributed by atoms with Gasteiger partial charge in [0.2, 0.25) is 0 Å². The van der Waals surface area contributed by atoms with Crippen molar-refractivity contribution in [2.45, 2.75) is 39.8 Å². The SMILES string of the molecule is CC1(C)CC(=O)c2cc(C(=O)N(Cc3ccccc3)Cc3ccccc3)c(=O)[nH]c2C1. The Balaban J connectivity index is 1.70. The fraction of sp³-hybridized carbons (Fsp3) is 0.269. The van der Waals surface area contributed by atoms with E-state index in [4.69, 9.17) is 0 Å². The summed E-state index contributed by atoms with van der Waals surface area (Å²) in [5.74, 6) is -0.413. The third-order valence-corrected chi connectivity index (χ3v) is 5.67. The molecule has 5 nitrogen and oxygen atoms in total. The molecule has 31 heavy (non-hydrogen) atoms. The maximum absolute atomic E-state index is 13.5. The Bertz CT molecular complexity index is 1120. The van der Waals surface area contributed by atoms with E-state index in [0.717, 1.165) is 11.1 Å². The second-order valence-electron chi connectivity index (χ2n) is 8.98. The van der Waals surface area contributed by atoms with E-state index in [1.165, 1.54) is 6.07 Å². The molecule has 1 aromatic heterocycles. The minimum Gasteiger partial charge on any atom is -0.330 e. The normalized spacial score (nSPS) is 14.7. The standard InChI is InChI=1S/C26H26N2O3/c1-26(2)14-22-20(23(29)15-26)13-21(24(30)27-22)25(31)28(16-18-9-5-3-6-10-18)17-19-11-7-4-8-12-19/h3-13H,14-17H2,1-2H3,(H,27,30). The van der Waals surface area contributed by atoms with Crippen LogP contribution in [0.25, 0.3) is 0 Å². The van der Waals surface area contributed by atoms with Crippen LogP contribution in [-0.2, 0) is 19.5 Å². The average Bonchev–Trinajstić information content (AvgIpc) is 2.73. The zero-order valence-corrected chi connectivity index (χ0v) is 17.9. The second kappa shape index (κ2) is 8.34. The van der Waals surface area contributed by atoms with E-state index in [2.05, 4.69) is 4.98 Å². The van der Waals surface area contributed by atoms with Gasteiger partial charge in [0.25, 0.3) is 11.5 Å². The lowest BCUT2D eigenvalue weighted by atomic mass is 9.75. The van der Waals surface area contributed by atoms with Gasteiger partial charge in [0.1, 0.15) is 5.56 Å². The number of hydrogen-bond acceptors (Lipinski definition) is 3.